The summed E-state index contributed by atoms with van der Waals surface area (Å²) in [5.41, 5.74) is -5.58. The van der Waals surface area contributed by atoms with Crippen LogP contribution in [-0.4, -0.2) is 36.4 Å². The minimum Gasteiger partial charge on any atom is -0.300 e. The number of hydrogen-bond acceptors (Lipinski definition) is 1. The second-order valence-corrected chi connectivity index (χ2v) is 6.70. The molecule has 0 N–H and O–H groups in total. The largest absolute Gasteiger partial charge is 0.435 e. The summed E-state index contributed by atoms with van der Waals surface area (Å²) in [5, 5.41) is 0. The second-order valence-electron chi connectivity index (χ2n) is 6.70. The number of nitrogens with zero attached hydrogens (tertiary/aromatic N) is 1. The van der Waals surface area contributed by atoms with Crippen LogP contribution in [0.1, 0.15) is 42.4 Å². The van der Waals surface area contributed by atoms with Crippen molar-refractivity contribution in [1.82, 2.24) is 4.90 Å². The standard InChI is InChI=1S/C17H18F7N/c1-2-25-8-7-13-12-5-4-11(9-10(12)3-6-14(13)25)15(18,16(19,20)21)17(22,23)24/h4-5,9,13-14H,2-3,6-8H2,1H3. The summed E-state index contributed by atoms with van der Waals surface area (Å²) in [5.74, 6) is 0.0866. The fourth-order valence-electron chi connectivity index (χ4n) is 4.25. The van der Waals surface area contributed by atoms with E-state index in [0.717, 1.165) is 31.1 Å². The van der Waals surface area contributed by atoms with E-state index in [1.165, 1.54) is 6.07 Å². The van der Waals surface area contributed by atoms with E-state index >= 15 is 0 Å². The highest BCUT2D eigenvalue weighted by Crippen LogP contribution is 2.54. The summed E-state index contributed by atoms with van der Waals surface area (Å²) in [6.45, 7) is 3.72. The molecule has 1 aromatic carbocycles. The van der Waals surface area contributed by atoms with Gasteiger partial charge in [-0.25, -0.2) is 4.39 Å². The van der Waals surface area contributed by atoms with Crippen molar-refractivity contribution in [3.8, 4) is 0 Å². The molecule has 8 heteroatoms. The molecule has 1 nitrogen and oxygen atoms in total. The fourth-order valence-corrected chi connectivity index (χ4v) is 4.25. The monoisotopic (exact) mass is 369 g/mol. The van der Waals surface area contributed by atoms with Crippen LogP contribution in [0, 0.1) is 0 Å². The first kappa shape index (κ1) is 18.5. The molecule has 140 valence electrons. The highest BCUT2D eigenvalue weighted by atomic mass is 19.4. The van der Waals surface area contributed by atoms with Crippen LogP contribution < -0.4 is 0 Å². The third-order valence-electron chi connectivity index (χ3n) is 5.50. The summed E-state index contributed by atoms with van der Waals surface area (Å²) >= 11 is 0. The Morgan fingerprint density at radius 1 is 1.00 bits per heavy atom. The molecular weight excluding hydrogens is 351 g/mol. The molecule has 1 aliphatic carbocycles. The van der Waals surface area contributed by atoms with Crippen molar-refractivity contribution < 1.29 is 30.7 Å². The number of hydrogen-bond donors (Lipinski definition) is 0. The molecule has 2 unspecified atom stereocenters. The fraction of sp³-hybridized carbons (Fsp3) is 0.647. The van der Waals surface area contributed by atoms with E-state index < -0.39 is 23.6 Å². The Kier molecular flexibility index (Phi) is 4.33. The molecule has 3 rings (SSSR count). The lowest BCUT2D eigenvalue weighted by molar-refractivity contribution is -0.348. The van der Waals surface area contributed by atoms with Crippen molar-refractivity contribution in [1.29, 1.82) is 0 Å². The number of benzene rings is 1. The Hall–Kier alpha value is -1.31. The smallest absolute Gasteiger partial charge is 0.300 e. The van der Waals surface area contributed by atoms with Gasteiger partial charge in [-0.05, 0) is 43.5 Å². The average Bonchev–Trinajstić information content (AvgIpc) is 2.94. The molecule has 0 bridgehead atoms. The highest BCUT2D eigenvalue weighted by molar-refractivity contribution is 5.41. The molecule has 0 aromatic heterocycles. The van der Waals surface area contributed by atoms with Crippen molar-refractivity contribution >= 4 is 0 Å². The average molecular weight is 369 g/mol. The summed E-state index contributed by atoms with van der Waals surface area (Å²) in [6, 6.07) is 2.92. The minimum atomic E-state index is -6.07. The molecule has 0 radical (unpaired) electrons. The van der Waals surface area contributed by atoms with Crippen LogP contribution >= 0.6 is 0 Å². The van der Waals surface area contributed by atoms with Gasteiger partial charge in [0.25, 0.3) is 0 Å². The summed E-state index contributed by atoms with van der Waals surface area (Å²) in [4.78, 5) is 2.27. The Morgan fingerprint density at radius 3 is 2.20 bits per heavy atom. The molecule has 1 fully saturated rings. The quantitative estimate of drug-likeness (QED) is 0.656. The molecule has 2 aliphatic rings. The van der Waals surface area contributed by atoms with Crippen molar-refractivity contribution in [2.75, 3.05) is 13.1 Å². The minimum absolute atomic E-state index is 0.0866. The van der Waals surface area contributed by atoms with Gasteiger partial charge in [0.2, 0.25) is 0 Å². The molecule has 1 heterocycles. The number of fused-ring (bicyclic) bond motifs is 3. The van der Waals surface area contributed by atoms with Gasteiger partial charge in [0.05, 0.1) is 0 Å². The van der Waals surface area contributed by atoms with E-state index in [1.54, 1.807) is 0 Å². The highest BCUT2D eigenvalue weighted by Gasteiger charge is 2.73. The predicted octanol–water partition coefficient (Wildman–Crippen LogP) is 5.10. The van der Waals surface area contributed by atoms with Gasteiger partial charge in [-0.15, -0.1) is 0 Å². The zero-order valence-corrected chi connectivity index (χ0v) is 13.5. The topological polar surface area (TPSA) is 3.24 Å². The summed E-state index contributed by atoms with van der Waals surface area (Å²) < 4.78 is 91.8. The van der Waals surface area contributed by atoms with E-state index in [1.807, 2.05) is 6.92 Å². The zero-order valence-electron chi connectivity index (χ0n) is 13.5. The van der Waals surface area contributed by atoms with E-state index in [0.29, 0.717) is 24.5 Å². The first-order chi connectivity index (χ1) is 11.5. The number of likely N-dealkylation sites (N-methyl/N-ethyl adjacent to an activating group) is 1. The van der Waals surface area contributed by atoms with E-state index in [4.69, 9.17) is 0 Å². The Bertz CT molecular complexity index is 635. The number of likely N-dealkylation sites (tertiary alicyclic amines) is 1. The lowest BCUT2D eigenvalue weighted by Crippen LogP contribution is -2.50. The Balaban J connectivity index is 2.03. The number of rotatable bonds is 2. The first-order valence-corrected chi connectivity index (χ1v) is 8.20. The molecule has 0 spiro atoms. The number of aryl methyl sites for hydroxylation is 1. The predicted molar refractivity (Wildman–Crippen MR) is 78.1 cm³/mol. The molecule has 25 heavy (non-hydrogen) atoms. The second kappa shape index (κ2) is 5.86. The first-order valence-electron chi connectivity index (χ1n) is 8.20. The molecule has 1 aliphatic heterocycles. The molecule has 1 saturated heterocycles. The van der Waals surface area contributed by atoms with E-state index in [-0.39, 0.29) is 12.0 Å². The number of alkyl halides is 7. The van der Waals surface area contributed by atoms with Crippen LogP contribution in [0.25, 0.3) is 0 Å². The third-order valence-corrected chi connectivity index (χ3v) is 5.50. The van der Waals surface area contributed by atoms with Crippen LogP contribution in [0.2, 0.25) is 0 Å². The van der Waals surface area contributed by atoms with Gasteiger partial charge in [0, 0.05) is 17.5 Å². The van der Waals surface area contributed by atoms with Crippen LogP contribution in [0.15, 0.2) is 18.2 Å². The van der Waals surface area contributed by atoms with Gasteiger partial charge >= 0.3 is 18.0 Å². The summed E-state index contributed by atoms with van der Waals surface area (Å²) in [7, 11) is 0. The maximum absolute atomic E-state index is 14.2. The van der Waals surface area contributed by atoms with Crippen molar-refractivity contribution in [2.24, 2.45) is 0 Å². The van der Waals surface area contributed by atoms with Gasteiger partial charge in [-0.2, -0.15) is 26.3 Å². The maximum atomic E-state index is 14.2. The van der Waals surface area contributed by atoms with Crippen LogP contribution in [0.5, 0.6) is 0 Å². The van der Waals surface area contributed by atoms with Gasteiger partial charge < -0.3 is 4.90 Å². The van der Waals surface area contributed by atoms with Gasteiger partial charge in [0.15, 0.2) is 0 Å². The molecular formula is C17H18F7N. The Morgan fingerprint density at radius 2 is 1.64 bits per heavy atom. The van der Waals surface area contributed by atoms with Crippen LogP contribution in [0.4, 0.5) is 30.7 Å². The van der Waals surface area contributed by atoms with Gasteiger partial charge in [-0.3, -0.25) is 0 Å². The normalized spacial score (nSPS) is 25.0. The maximum Gasteiger partial charge on any atom is 0.435 e. The van der Waals surface area contributed by atoms with Crippen LogP contribution in [-0.2, 0) is 12.1 Å². The third kappa shape index (κ3) is 2.73. The van der Waals surface area contributed by atoms with Gasteiger partial charge in [-0.1, -0.05) is 25.1 Å². The van der Waals surface area contributed by atoms with Crippen molar-refractivity contribution in [3.05, 3.63) is 34.9 Å². The van der Waals surface area contributed by atoms with Crippen molar-refractivity contribution in [3.63, 3.8) is 0 Å². The van der Waals surface area contributed by atoms with E-state index in [9.17, 15) is 30.7 Å². The zero-order chi connectivity index (χ0) is 18.6. The lowest BCUT2D eigenvalue weighted by atomic mass is 9.77. The SMILES string of the molecule is CCN1CCC2c3ccc(C(F)(C(F)(F)F)C(F)(F)F)cc3CCC21. The van der Waals surface area contributed by atoms with Gasteiger partial charge in [0.1, 0.15) is 0 Å². The van der Waals surface area contributed by atoms with Crippen molar-refractivity contribution in [2.45, 2.75) is 56.2 Å². The molecule has 0 amide bonds. The molecule has 0 saturated carbocycles. The number of halogens is 7. The van der Waals surface area contributed by atoms with E-state index in [2.05, 4.69) is 4.90 Å². The Labute approximate surface area is 140 Å². The molecule has 2 atom stereocenters. The van der Waals surface area contributed by atoms with Crippen LogP contribution in [0.3, 0.4) is 0 Å². The lowest BCUT2D eigenvalue weighted by Gasteiger charge is -2.35. The summed E-state index contributed by atoms with van der Waals surface area (Å²) in [6.07, 6.45) is -10.3. The molecule has 1 aromatic rings.